The molecule has 5 nitrogen and oxygen atoms in total. The van der Waals surface area contributed by atoms with Crippen LogP contribution >= 0.6 is 23.4 Å². The zero-order chi connectivity index (χ0) is 19.4. The summed E-state index contributed by atoms with van der Waals surface area (Å²) < 4.78 is 1.89. The van der Waals surface area contributed by atoms with Gasteiger partial charge in [-0.2, -0.15) is 0 Å². The van der Waals surface area contributed by atoms with Crippen molar-refractivity contribution in [3.05, 3.63) is 70.5 Å². The molecule has 0 saturated carbocycles. The molecule has 0 fully saturated rings. The van der Waals surface area contributed by atoms with E-state index in [1.54, 1.807) is 6.33 Å². The molecule has 1 atom stereocenters. The smallest absolute Gasteiger partial charge is 0.230 e. The maximum Gasteiger partial charge on any atom is 0.230 e. The predicted molar refractivity (Wildman–Crippen MR) is 110 cm³/mol. The van der Waals surface area contributed by atoms with Gasteiger partial charge in [-0.3, -0.25) is 9.36 Å². The lowest BCUT2D eigenvalue weighted by Gasteiger charge is -2.15. The third-order valence-electron chi connectivity index (χ3n) is 4.37. The molecule has 0 aliphatic rings. The van der Waals surface area contributed by atoms with E-state index in [0.717, 1.165) is 11.3 Å². The first-order valence-electron chi connectivity index (χ1n) is 8.60. The fraction of sp³-hybridized carbons (Fsp3) is 0.250. The predicted octanol–water partition coefficient (Wildman–Crippen LogP) is 4.51. The number of hydrogen-bond donors (Lipinski definition) is 1. The highest BCUT2D eigenvalue weighted by atomic mass is 35.5. The summed E-state index contributed by atoms with van der Waals surface area (Å²) in [6.45, 7) is 6.06. The SMILES string of the molecule is Cc1ccc(-n2cnnc2SCC(=O)NC(C)c2ccccc2Cl)cc1C. The van der Waals surface area contributed by atoms with E-state index in [4.69, 9.17) is 11.6 Å². The van der Waals surface area contributed by atoms with E-state index in [2.05, 4.69) is 41.5 Å². The van der Waals surface area contributed by atoms with Gasteiger partial charge in [-0.1, -0.05) is 47.6 Å². The number of aryl methyl sites for hydroxylation is 2. The van der Waals surface area contributed by atoms with Gasteiger partial charge in [-0.25, -0.2) is 0 Å². The minimum atomic E-state index is -0.163. The van der Waals surface area contributed by atoms with E-state index in [1.165, 1.54) is 22.9 Å². The van der Waals surface area contributed by atoms with Crippen molar-refractivity contribution in [2.45, 2.75) is 32.0 Å². The van der Waals surface area contributed by atoms with Crippen molar-refractivity contribution in [2.24, 2.45) is 0 Å². The van der Waals surface area contributed by atoms with Gasteiger partial charge in [-0.05, 0) is 55.7 Å². The van der Waals surface area contributed by atoms with Crippen LogP contribution in [0.15, 0.2) is 53.9 Å². The lowest BCUT2D eigenvalue weighted by molar-refractivity contribution is -0.119. The largest absolute Gasteiger partial charge is 0.349 e. The Kier molecular flexibility index (Phi) is 6.19. The molecule has 140 valence electrons. The van der Waals surface area contributed by atoms with Crippen LogP contribution in [0.4, 0.5) is 0 Å². The molecule has 0 radical (unpaired) electrons. The fourth-order valence-electron chi connectivity index (χ4n) is 2.69. The monoisotopic (exact) mass is 400 g/mol. The van der Waals surface area contributed by atoms with Crippen LogP contribution in [-0.4, -0.2) is 26.4 Å². The first kappa shape index (κ1) is 19.5. The molecule has 0 aliphatic carbocycles. The summed E-state index contributed by atoms with van der Waals surface area (Å²) in [5.74, 6) is 0.167. The first-order chi connectivity index (χ1) is 13.0. The normalized spacial score (nSPS) is 12.0. The summed E-state index contributed by atoms with van der Waals surface area (Å²) in [6.07, 6.45) is 1.66. The van der Waals surface area contributed by atoms with E-state index >= 15 is 0 Å². The number of nitrogens with one attached hydrogen (secondary N) is 1. The van der Waals surface area contributed by atoms with Crippen LogP contribution in [0.1, 0.15) is 29.7 Å². The van der Waals surface area contributed by atoms with E-state index in [0.29, 0.717) is 10.2 Å². The Morgan fingerprint density at radius 1 is 1.22 bits per heavy atom. The Morgan fingerprint density at radius 3 is 2.74 bits per heavy atom. The molecule has 1 amide bonds. The molecule has 1 N–H and O–H groups in total. The third kappa shape index (κ3) is 4.70. The summed E-state index contributed by atoms with van der Waals surface area (Å²) in [4.78, 5) is 12.3. The average Bonchev–Trinajstić information content (AvgIpc) is 3.11. The number of benzene rings is 2. The highest BCUT2D eigenvalue weighted by Gasteiger charge is 2.14. The van der Waals surface area contributed by atoms with Crippen molar-refractivity contribution in [2.75, 3.05) is 5.75 Å². The molecule has 1 aromatic heterocycles. The fourth-order valence-corrected chi connectivity index (χ4v) is 3.73. The molecule has 1 heterocycles. The molecule has 0 saturated heterocycles. The summed E-state index contributed by atoms with van der Waals surface area (Å²) >= 11 is 7.55. The Hall–Kier alpha value is -2.31. The van der Waals surface area contributed by atoms with E-state index < -0.39 is 0 Å². The standard InChI is InChI=1S/C20H21ClN4OS/c1-13-8-9-16(10-14(13)2)25-12-22-24-20(25)27-11-19(26)23-15(3)17-6-4-5-7-18(17)21/h4-10,12,15H,11H2,1-3H3,(H,23,26). The van der Waals surface area contributed by atoms with Gasteiger partial charge in [0.2, 0.25) is 5.91 Å². The number of carbonyl (C=O) groups is 1. The quantitative estimate of drug-likeness (QED) is 0.618. The van der Waals surface area contributed by atoms with Crippen molar-refractivity contribution >= 4 is 29.3 Å². The van der Waals surface area contributed by atoms with E-state index in [1.807, 2.05) is 41.8 Å². The Balaban J connectivity index is 1.64. The second-order valence-corrected chi connectivity index (χ2v) is 7.70. The molecule has 0 bridgehead atoms. The highest BCUT2D eigenvalue weighted by molar-refractivity contribution is 7.99. The number of hydrogen-bond acceptors (Lipinski definition) is 4. The number of halogens is 1. The van der Waals surface area contributed by atoms with Crippen LogP contribution in [0.25, 0.3) is 5.69 Å². The van der Waals surface area contributed by atoms with Gasteiger partial charge in [-0.15, -0.1) is 10.2 Å². The summed E-state index contributed by atoms with van der Waals surface area (Å²) in [6, 6.07) is 13.5. The van der Waals surface area contributed by atoms with Gasteiger partial charge in [0, 0.05) is 10.7 Å². The van der Waals surface area contributed by atoms with Gasteiger partial charge >= 0.3 is 0 Å². The molecule has 0 spiro atoms. The van der Waals surface area contributed by atoms with Gasteiger partial charge in [0.1, 0.15) is 6.33 Å². The molecular formula is C20H21ClN4OS. The number of nitrogens with zero attached hydrogens (tertiary/aromatic N) is 3. The van der Waals surface area contributed by atoms with Crippen LogP contribution in [-0.2, 0) is 4.79 Å². The highest BCUT2D eigenvalue weighted by Crippen LogP contribution is 2.24. The second-order valence-electron chi connectivity index (χ2n) is 6.35. The summed E-state index contributed by atoms with van der Waals surface area (Å²) in [7, 11) is 0. The number of carbonyl (C=O) groups excluding carboxylic acids is 1. The lowest BCUT2D eigenvalue weighted by atomic mass is 10.1. The topological polar surface area (TPSA) is 59.8 Å². The maximum atomic E-state index is 12.3. The van der Waals surface area contributed by atoms with Gasteiger partial charge in [0.25, 0.3) is 0 Å². The maximum absolute atomic E-state index is 12.3. The van der Waals surface area contributed by atoms with Crippen molar-refractivity contribution in [1.82, 2.24) is 20.1 Å². The Morgan fingerprint density at radius 2 is 2.00 bits per heavy atom. The van der Waals surface area contributed by atoms with E-state index in [-0.39, 0.29) is 17.7 Å². The Bertz CT molecular complexity index is 957. The summed E-state index contributed by atoms with van der Waals surface area (Å²) in [5, 5.41) is 12.4. The van der Waals surface area contributed by atoms with Gasteiger partial charge < -0.3 is 5.32 Å². The zero-order valence-corrected chi connectivity index (χ0v) is 17.0. The number of rotatable bonds is 6. The van der Waals surface area contributed by atoms with Crippen molar-refractivity contribution in [1.29, 1.82) is 0 Å². The number of amides is 1. The molecule has 0 aliphatic heterocycles. The number of aromatic nitrogens is 3. The molecule has 7 heteroatoms. The molecule has 3 aromatic rings. The van der Waals surface area contributed by atoms with Crippen LogP contribution in [0.3, 0.4) is 0 Å². The van der Waals surface area contributed by atoms with Crippen LogP contribution < -0.4 is 5.32 Å². The first-order valence-corrected chi connectivity index (χ1v) is 9.96. The second kappa shape index (κ2) is 8.59. The Labute approximate surface area is 168 Å². The molecular weight excluding hydrogens is 380 g/mol. The minimum Gasteiger partial charge on any atom is -0.349 e. The van der Waals surface area contributed by atoms with Gasteiger partial charge in [0.05, 0.1) is 11.8 Å². The van der Waals surface area contributed by atoms with Crippen LogP contribution in [0.5, 0.6) is 0 Å². The van der Waals surface area contributed by atoms with E-state index in [9.17, 15) is 4.79 Å². The van der Waals surface area contributed by atoms with Crippen LogP contribution in [0, 0.1) is 13.8 Å². The number of thioether (sulfide) groups is 1. The molecule has 3 rings (SSSR count). The van der Waals surface area contributed by atoms with Crippen molar-refractivity contribution in [3.8, 4) is 5.69 Å². The third-order valence-corrected chi connectivity index (χ3v) is 5.65. The lowest BCUT2D eigenvalue weighted by Crippen LogP contribution is -2.28. The summed E-state index contributed by atoms with van der Waals surface area (Å²) in [5.41, 5.74) is 4.31. The minimum absolute atomic E-state index is 0.0814. The van der Waals surface area contributed by atoms with Crippen molar-refractivity contribution < 1.29 is 4.79 Å². The van der Waals surface area contributed by atoms with Gasteiger partial charge in [0.15, 0.2) is 5.16 Å². The average molecular weight is 401 g/mol. The van der Waals surface area contributed by atoms with Crippen LogP contribution in [0.2, 0.25) is 5.02 Å². The molecule has 1 unspecified atom stereocenters. The van der Waals surface area contributed by atoms with Crippen molar-refractivity contribution in [3.63, 3.8) is 0 Å². The zero-order valence-electron chi connectivity index (χ0n) is 15.4. The molecule has 27 heavy (non-hydrogen) atoms. The molecule has 2 aromatic carbocycles.